The van der Waals surface area contributed by atoms with Gasteiger partial charge in [-0.2, -0.15) is 0 Å². The fraction of sp³-hybridized carbons (Fsp3) is 0.167. The highest BCUT2D eigenvalue weighted by atomic mass is 32.2. The van der Waals surface area contributed by atoms with Crippen molar-refractivity contribution in [3.8, 4) is 0 Å². The molecular formula is C24H25PS. The van der Waals surface area contributed by atoms with Crippen molar-refractivity contribution in [3.05, 3.63) is 102 Å². The van der Waals surface area contributed by atoms with Gasteiger partial charge in [0.05, 0.1) is 0 Å². The summed E-state index contributed by atoms with van der Waals surface area (Å²) < 4.78 is 0. The van der Waals surface area contributed by atoms with Crippen molar-refractivity contribution in [2.24, 2.45) is 5.41 Å². The second-order valence-electron chi connectivity index (χ2n) is 7.20. The molecule has 0 radical (unpaired) electrons. The van der Waals surface area contributed by atoms with E-state index in [-0.39, 0.29) is 5.41 Å². The smallest absolute Gasteiger partial charge is 0.0119 e. The van der Waals surface area contributed by atoms with E-state index in [4.69, 9.17) is 0 Å². The zero-order valence-electron chi connectivity index (χ0n) is 15.6. The monoisotopic (exact) mass is 376 g/mol. The Kier molecular flexibility index (Phi) is 6.35. The topological polar surface area (TPSA) is 0 Å². The molecule has 0 N–H and O–H groups in total. The summed E-state index contributed by atoms with van der Waals surface area (Å²) in [6, 6.07) is 32.4. The first kappa shape index (κ1) is 19.0. The van der Waals surface area contributed by atoms with Crippen LogP contribution in [0, 0.1) is 5.41 Å². The zero-order valence-corrected chi connectivity index (χ0v) is 17.3. The van der Waals surface area contributed by atoms with Crippen molar-refractivity contribution in [2.45, 2.75) is 25.7 Å². The van der Waals surface area contributed by atoms with Crippen LogP contribution >= 0.6 is 19.7 Å². The van der Waals surface area contributed by atoms with Crippen LogP contribution in [0.1, 0.15) is 20.8 Å². The lowest BCUT2D eigenvalue weighted by Crippen LogP contribution is -2.13. The third kappa shape index (κ3) is 5.10. The lowest BCUT2D eigenvalue weighted by atomic mass is 9.97. The molecule has 0 saturated heterocycles. The standard InChI is InChI=1S/C24H25PS/c1-24(2,3)23(26-22-17-11-6-12-18-22)19-25(20-13-7-4-8-14-20)21-15-9-5-10-16-21/h4-19H,1-3H3/b23-19-. The van der Waals surface area contributed by atoms with Crippen LogP contribution in [-0.4, -0.2) is 0 Å². The summed E-state index contributed by atoms with van der Waals surface area (Å²) in [5.74, 6) is 2.51. The van der Waals surface area contributed by atoms with Gasteiger partial charge in [-0.15, -0.1) is 0 Å². The van der Waals surface area contributed by atoms with Crippen molar-refractivity contribution in [1.29, 1.82) is 0 Å². The molecule has 0 nitrogen and oxygen atoms in total. The van der Waals surface area contributed by atoms with Crippen molar-refractivity contribution in [3.63, 3.8) is 0 Å². The van der Waals surface area contributed by atoms with Gasteiger partial charge < -0.3 is 0 Å². The average Bonchev–Trinajstić information content (AvgIpc) is 2.66. The van der Waals surface area contributed by atoms with Crippen LogP contribution in [0.25, 0.3) is 0 Å². The summed E-state index contributed by atoms with van der Waals surface area (Å²) in [5.41, 5.74) is 0.102. The number of benzene rings is 3. The fourth-order valence-corrected chi connectivity index (χ4v) is 6.17. The van der Waals surface area contributed by atoms with E-state index in [9.17, 15) is 0 Å². The maximum atomic E-state index is 2.51. The van der Waals surface area contributed by atoms with Crippen LogP contribution in [0.5, 0.6) is 0 Å². The maximum Gasteiger partial charge on any atom is 0.0119 e. The van der Waals surface area contributed by atoms with E-state index in [1.807, 2.05) is 11.8 Å². The Labute approximate surface area is 163 Å². The molecule has 0 fully saturated rings. The molecule has 0 bridgehead atoms. The summed E-state index contributed by atoms with van der Waals surface area (Å²) >= 11 is 1.89. The minimum Gasteiger partial charge on any atom is -0.0939 e. The van der Waals surface area contributed by atoms with Crippen LogP contribution in [0.2, 0.25) is 0 Å². The van der Waals surface area contributed by atoms with Gasteiger partial charge in [0, 0.05) is 4.90 Å². The van der Waals surface area contributed by atoms with Crippen molar-refractivity contribution < 1.29 is 0 Å². The molecule has 0 saturated carbocycles. The molecule has 0 unspecified atom stereocenters. The molecule has 0 spiro atoms. The Bertz CT molecular complexity index is 794. The van der Waals surface area contributed by atoms with Gasteiger partial charge in [0.2, 0.25) is 0 Å². The molecule has 0 aliphatic heterocycles. The number of thioether (sulfide) groups is 1. The molecule has 0 aromatic heterocycles. The lowest BCUT2D eigenvalue weighted by molar-refractivity contribution is 0.534. The molecule has 0 aliphatic rings. The quantitative estimate of drug-likeness (QED) is 0.348. The predicted octanol–water partition coefficient (Wildman–Crippen LogP) is 6.80. The van der Waals surface area contributed by atoms with Gasteiger partial charge in [-0.1, -0.05) is 111 Å². The number of rotatable bonds is 5. The van der Waals surface area contributed by atoms with Gasteiger partial charge in [0.15, 0.2) is 0 Å². The second kappa shape index (κ2) is 8.71. The first-order valence-corrected chi connectivity index (χ1v) is 11.1. The van der Waals surface area contributed by atoms with Crippen molar-refractivity contribution >= 4 is 30.3 Å². The zero-order chi connectivity index (χ0) is 18.4. The minimum absolute atomic E-state index is 0.102. The highest BCUT2D eigenvalue weighted by Crippen LogP contribution is 2.46. The van der Waals surface area contributed by atoms with Crippen LogP contribution < -0.4 is 10.6 Å². The van der Waals surface area contributed by atoms with Gasteiger partial charge in [0.1, 0.15) is 0 Å². The maximum absolute atomic E-state index is 2.51. The second-order valence-corrected chi connectivity index (χ2v) is 10.3. The molecule has 0 amide bonds. The van der Waals surface area contributed by atoms with E-state index in [1.165, 1.54) is 20.4 Å². The molecule has 0 heterocycles. The highest BCUT2D eigenvalue weighted by molar-refractivity contribution is 8.03. The molecule has 3 aromatic rings. The van der Waals surface area contributed by atoms with Crippen molar-refractivity contribution in [1.82, 2.24) is 0 Å². The van der Waals surface area contributed by atoms with Gasteiger partial charge in [0.25, 0.3) is 0 Å². The van der Waals surface area contributed by atoms with Crippen LogP contribution in [-0.2, 0) is 0 Å². The van der Waals surface area contributed by atoms with Crippen molar-refractivity contribution in [2.75, 3.05) is 0 Å². The molecule has 3 rings (SSSR count). The third-order valence-corrected chi connectivity index (χ3v) is 7.88. The van der Waals surface area contributed by atoms with E-state index < -0.39 is 7.92 Å². The molecule has 0 aliphatic carbocycles. The Balaban J connectivity index is 2.05. The van der Waals surface area contributed by atoms with E-state index in [1.54, 1.807) is 0 Å². The predicted molar refractivity (Wildman–Crippen MR) is 119 cm³/mol. The van der Waals surface area contributed by atoms with Crippen LogP contribution in [0.4, 0.5) is 0 Å². The Morgan fingerprint density at radius 2 is 1.12 bits per heavy atom. The third-order valence-electron chi connectivity index (χ3n) is 4.03. The van der Waals surface area contributed by atoms with E-state index >= 15 is 0 Å². The van der Waals surface area contributed by atoms with Gasteiger partial charge in [-0.05, 0) is 46.8 Å². The Morgan fingerprint density at radius 3 is 1.54 bits per heavy atom. The Hall–Kier alpha value is -1.82. The first-order valence-electron chi connectivity index (χ1n) is 8.88. The highest BCUT2D eigenvalue weighted by Gasteiger charge is 2.21. The summed E-state index contributed by atoms with van der Waals surface area (Å²) in [6.07, 6.45) is 0. The average molecular weight is 377 g/mol. The summed E-state index contributed by atoms with van der Waals surface area (Å²) in [7, 11) is -0.534. The van der Waals surface area contributed by atoms with Gasteiger partial charge in [-0.25, -0.2) is 0 Å². The number of hydrogen-bond donors (Lipinski definition) is 0. The van der Waals surface area contributed by atoms with E-state index in [0.29, 0.717) is 0 Å². The molecule has 26 heavy (non-hydrogen) atoms. The van der Waals surface area contributed by atoms with E-state index in [0.717, 1.165) is 0 Å². The molecule has 3 aromatic carbocycles. The number of allylic oxidation sites excluding steroid dienone is 1. The number of hydrogen-bond acceptors (Lipinski definition) is 1. The fourth-order valence-electron chi connectivity index (χ4n) is 2.58. The Morgan fingerprint density at radius 1 is 0.692 bits per heavy atom. The van der Waals surface area contributed by atoms with Crippen LogP contribution in [0.15, 0.2) is 107 Å². The molecule has 0 atom stereocenters. The molecule has 132 valence electrons. The van der Waals surface area contributed by atoms with Gasteiger partial charge >= 0.3 is 0 Å². The summed E-state index contributed by atoms with van der Waals surface area (Å²) in [5, 5.41) is 2.79. The molecular weight excluding hydrogens is 351 g/mol. The summed E-state index contributed by atoms with van der Waals surface area (Å²) in [4.78, 5) is 2.72. The normalized spacial score (nSPS) is 12.4. The van der Waals surface area contributed by atoms with Crippen LogP contribution in [0.3, 0.4) is 0 Å². The minimum atomic E-state index is -0.534. The first-order chi connectivity index (χ1) is 12.5. The lowest BCUT2D eigenvalue weighted by Gasteiger charge is -2.25. The SMILES string of the molecule is CC(C)(C)/C(=C/P(c1ccccc1)c1ccccc1)Sc1ccccc1. The largest absolute Gasteiger partial charge is 0.0939 e. The van der Waals surface area contributed by atoms with Gasteiger partial charge in [-0.3, -0.25) is 0 Å². The van der Waals surface area contributed by atoms with E-state index in [2.05, 4.69) is 118 Å². The summed E-state index contributed by atoms with van der Waals surface area (Å²) in [6.45, 7) is 6.91. The molecule has 2 heteroatoms.